The average Bonchev–Trinajstić information content (AvgIpc) is 2.65. The largest absolute Gasteiger partial charge is 0.370 e. The van der Waals surface area contributed by atoms with Gasteiger partial charge in [-0.05, 0) is 51.1 Å². The van der Waals surface area contributed by atoms with E-state index in [4.69, 9.17) is 0 Å². The van der Waals surface area contributed by atoms with Gasteiger partial charge in [-0.1, -0.05) is 12.1 Å². The van der Waals surface area contributed by atoms with Gasteiger partial charge in [0.15, 0.2) is 0 Å². The molecule has 2 aliphatic rings. The summed E-state index contributed by atoms with van der Waals surface area (Å²) in [6, 6.07) is 10.6. The molecule has 1 aromatic carbocycles. The zero-order valence-corrected chi connectivity index (χ0v) is 12.1. The molecule has 1 N–H and O–H groups in total. The van der Waals surface area contributed by atoms with E-state index in [9.17, 15) is 0 Å². The van der Waals surface area contributed by atoms with Gasteiger partial charge in [-0.3, -0.25) is 4.90 Å². The van der Waals surface area contributed by atoms with Gasteiger partial charge < -0.3 is 10.2 Å². The summed E-state index contributed by atoms with van der Waals surface area (Å²) in [7, 11) is 4.30. The van der Waals surface area contributed by atoms with E-state index in [0.717, 1.165) is 18.6 Å². The normalized spacial score (nSPS) is 27.6. The second-order valence-electron chi connectivity index (χ2n) is 5.98. The highest BCUT2D eigenvalue weighted by Crippen LogP contribution is 2.30. The fraction of sp³-hybridized carbons (Fsp3) is 0.625. The molecule has 2 unspecified atom stereocenters. The molecular formula is C16H25N3. The summed E-state index contributed by atoms with van der Waals surface area (Å²) in [5.41, 5.74) is 2.75. The summed E-state index contributed by atoms with van der Waals surface area (Å²) in [6.45, 7) is 3.35. The first-order valence-electron chi connectivity index (χ1n) is 7.48. The van der Waals surface area contributed by atoms with Gasteiger partial charge in [0.05, 0.1) is 0 Å². The SMILES string of the molecule is CNCc1ccc(N2CCC3CCC(C2)N3C)cc1. The van der Waals surface area contributed by atoms with Crippen LogP contribution in [0.2, 0.25) is 0 Å². The van der Waals surface area contributed by atoms with Gasteiger partial charge in [-0.15, -0.1) is 0 Å². The van der Waals surface area contributed by atoms with Gasteiger partial charge in [0.2, 0.25) is 0 Å². The Morgan fingerprint density at radius 2 is 1.84 bits per heavy atom. The quantitative estimate of drug-likeness (QED) is 0.896. The monoisotopic (exact) mass is 259 g/mol. The number of fused-ring (bicyclic) bond motifs is 2. The molecule has 2 saturated heterocycles. The smallest absolute Gasteiger partial charge is 0.0366 e. The van der Waals surface area contributed by atoms with E-state index >= 15 is 0 Å². The Kier molecular flexibility index (Phi) is 3.76. The van der Waals surface area contributed by atoms with E-state index in [1.165, 1.54) is 43.6 Å². The molecule has 2 bridgehead atoms. The van der Waals surface area contributed by atoms with Gasteiger partial charge in [0, 0.05) is 37.4 Å². The maximum atomic E-state index is 3.20. The van der Waals surface area contributed by atoms with Gasteiger partial charge in [0.1, 0.15) is 0 Å². The van der Waals surface area contributed by atoms with E-state index in [-0.39, 0.29) is 0 Å². The van der Waals surface area contributed by atoms with Crippen LogP contribution >= 0.6 is 0 Å². The van der Waals surface area contributed by atoms with Gasteiger partial charge >= 0.3 is 0 Å². The van der Waals surface area contributed by atoms with Crippen LogP contribution in [-0.2, 0) is 6.54 Å². The molecular weight excluding hydrogens is 234 g/mol. The Labute approximate surface area is 116 Å². The number of benzene rings is 1. The summed E-state index contributed by atoms with van der Waals surface area (Å²) in [4.78, 5) is 5.18. The molecule has 104 valence electrons. The standard InChI is InChI=1S/C16H25N3/c1-17-11-13-3-5-15(6-4-13)19-10-9-14-7-8-16(12-19)18(14)2/h3-6,14,16-17H,7-12H2,1-2H3. The molecule has 0 aromatic heterocycles. The van der Waals surface area contributed by atoms with Crippen molar-refractivity contribution >= 4 is 5.69 Å². The minimum atomic E-state index is 0.754. The lowest BCUT2D eigenvalue weighted by Gasteiger charge is -2.27. The van der Waals surface area contributed by atoms with Crippen molar-refractivity contribution in [3.63, 3.8) is 0 Å². The van der Waals surface area contributed by atoms with Crippen LogP contribution in [0.25, 0.3) is 0 Å². The Morgan fingerprint density at radius 3 is 2.58 bits per heavy atom. The first kappa shape index (κ1) is 12.9. The Morgan fingerprint density at radius 1 is 1.11 bits per heavy atom. The molecule has 2 fully saturated rings. The van der Waals surface area contributed by atoms with Crippen molar-refractivity contribution in [1.82, 2.24) is 10.2 Å². The number of nitrogens with zero attached hydrogens (tertiary/aromatic N) is 2. The zero-order valence-electron chi connectivity index (χ0n) is 12.1. The molecule has 3 heteroatoms. The number of anilines is 1. The molecule has 0 amide bonds. The van der Waals surface area contributed by atoms with E-state index < -0.39 is 0 Å². The number of likely N-dealkylation sites (N-methyl/N-ethyl adjacent to an activating group) is 1. The van der Waals surface area contributed by atoms with Crippen molar-refractivity contribution in [3.8, 4) is 0 Å². The number of hydrogen-bond donors (Lipinski definition) is 1. The van der Waals surface area contributed by atoms with Crippen LogP contribution in [-0.4, -0.2) is 44.2 Å². The van der Waals surface area contributed by atoms with Crippen molar-refractivity contribution < 1.29 is 0 Å². The van der Waals surface area contributed by atoms with E-state index in [0.29, 0.717) is 0 Å². The molecule has 0 aliphatic carbocycles. The van der Waals surface area contributed by atoms with E-state index in [1.54, 1.807) is 0 Å². The first-order chi connectivity index (χ1) is 9.28. The molecule has 2 atom stereocenters. The Balaban J connectivity index is 1.71. The molecule has 2 heterocycles. The van der Waals surface area contributed by atoms with Gasteiger partial charge in [0.25, 0.3) is 0 Å². The third-order valence-corrected chi connectivity index (χ3v) is 4.83. The maximum Gasteiger partial charge on any atom is 0.0366 e. The third kappa shape index (κ3) is 2.63. The third-order valence-electron chi connectivity index (χ3n) is 4.83. The molecule has 0 radical (unpaired) electrons. The Hall–Kier alpha value is -1.06. The van der Waals surface area contributed by atoms with E-state index in [2.05, 4.69) is 46.4 Å². The fourth-order valence-corrected chi connectivity index (χ4v) is 3.57. The van der Waals surface area contributed by atoms with E-state index in [1.807, 2.05) is 7.05 Å². The van der Waals surface area contributed by atoms with Crippen LogP contribution in [0.3, 0.4) is 0 Å². The van der Waals surface area contributed by atoms with Crippen LogP contribution in [0, 0.1) is 0 Å². The van der Waals surface area contributed by atoms with Crippen LogP contribution in [0.5, 0.6) is 0 Å². The summed E-state index contributed by atoms with van der Waals surface area (Å²) in [5.74, 6) is 0. The highest BCUT2D eigenvalue weighted by molar-refractivity contribution is 5.48. The lowest BCUT2D eigenvalue weighted by atomic mass is 10.1. The predicted molar refractivity (Wildman–Crippen MR) is 80.6 cm³/mol. The minimum Gasteiger partial charge on any atom is -0.370 e. The summed E-state index contributed by atoms with van der Waals surface area (Å²) < 4.78 is 0. The lowest BCUT2D eigenvalue weighted by Crippen LogP contribution is -2.36. The molecule has 2 aliphatic heterocycles. The Bertz CT molecular complexity index is 415. The number of nitrogens with one attached hydrogen (secondary N) is 1. The highest BCUT2D eigenvalue weighted by Gasteiger charge is 2.34. The van der Waals surface area contributed by atoms with Crippen molar-refractivity contribution in [3.05, 3.63) is 29.8 Å². The van der Waals surface area contributed by atoms with Crippen molar-refractivity contribution in [2.45, 2.75) is 37.9 Å². The maximum absolute atomic E-state index is 3.20. The second-order valence-corrected chi connectivity index (χ2v) is 5.98. The summed E-state index contributed by atoms with van der Waals surface area (Å²) in [6.07, 6.45) is 4.08. The van der Waals surface area contributed by atoms with Gasteiger partial charge in [-0.2, -0.15) is 0 Å². The molecule has 1 aromatic rings. The number of rotatable bonds is 3. The molecule has 3 rings (SSSR count). The van der Waals surface area contributed by atoms with Gasteiger partial charge in [-0.25, -0.2) is 0 Å². The second kappa shape index (κ2) is 5.51. The molecule has 3 nitrogen and oxygen atoms in total. The number of hydrogen-bond acceptors (Lipinski definition) is 3. The molecule has 0 saturated carbocycles. The topological polar surface area (TPSA) is 18.5 Å². The minimum absolute atomic E-state index is 0.754. The average molecular weight is 259 g/mol. The lowest BCUT2D eigenvalue weighted by molar-refractivity contribution is 0.254. The fourth-order valence-electron chi connectivity index (χ4n) is 3.57. The summed E-state index contributed by atoms with van der Waals surface area (Å²) >= 11 is 0. The highest BCUT2D eigenvalue weighted by atomic mass is 15.3. The van der Waals surface area contributed by atoms with Crippen LogP contribution < -0.4 is 10.2 Å². The van der Waals surface area contributed by atoms with Crippen LogP contribution in [0.1, 0.15) is 24.8 Å². The molecule has 19 heavy (non-hydrogen) atoms. The predicted octanol–water partition coefficient (Wildman–Crippen LogP) is 2.08. The summed E-state index contributed by atoms with van der Waals surface area (Å²) in [5, 5.41) is 3.20. The zero-order chi connectivity index (χ0) is 13.2. The van der Waals surface area contributed by atoms with Crippen molar-refractivity contribution in [2.75, 3.05) is 32.1 Å². The van der Waals surface area contributed by atoms with Crippen LogP contribution in [0.4, 0.5) is 5.69 Å². The van der Waals surface area contributed by atoms with Crippen molar-refractivity contribution in [2.24, 2.45) is 0 Å². The molecule has 0 spiro atoms. The van der Waals surface area contributed by atoms with Crippen LogP contribution in [0.15, 0.2) is 24.3 Å². The van der Waals surface area contributed by atoms with Crippen molar-refractivity contribution in [1.29, 1.82) is 0 Å². The first-order valence-corrected chi connectivity index (χ1v) is 7.48.